The molecular weight excluding hydrogens is 417 g/mol. The van der Waals surface area contributed by atoms with Crippen molar-refractivity contribution >= 4 is 17.5 Å². The summed E-state index contributed by atoms with van der Waals surface area (Å²) in [5, 5.41) is 2.67. The van der Waals surface area contributed by atoms with Crippen molar-refractivity contribution in [3.63, 3.8) is 0 Å². The summed E-state index contributed by atoms with van der Waals surface area (Å²) in [7, 11) is 0. The van der Waals surface area contributed by atoms with Crippen LogP contribution in [0.25, 0.3) is 0 Å². The van der Waals surface area contributed by atoms with Crippen molar-refractivity contribution in [2.24, 2.45) is 0 Å². The van der Waals surface area contributed by atoms with E-state index < -0.39 is 29.6 Å². The number of amides is 2. The fourth-order valence-corrected chi connectivity index (χ4v) is 4.75. The molecule has 4 nitrogen and oxygen atoms in total. The van der Waals surface area contributed by atoms with Crippen molar-refractivity contribution in [1.29, 1.82) is 0 Å². The number of rotatable bonds is 2. The SMILES string of the molecule is O=C(Nc1cccc(C(F)(F)F)c1)[C@H]1c2ccccc2C(=O)N2CCc3ccccc3[C@@H]12. The van der Waals surface area contributed by atoms with Gasteiger partial charge < -0.3 is 10.2 Å². The number of alkyl halides is 3. The quantitative estimate of drug-likeness (QED) is 0.602. The number of benzene rings is 3. The molecule has 2 amide bonds. The third-order valence-corrected chi connectivity index (χ3v) is 6.17. The molecule has 0 aromatic heterocycles. The molecule has 7 heteroatoms. The molecule has 0 aliphatic carbocycles. The molecule has 2 aliphatic heterocycles. The van der Waals surface area contributed by atoms with Gasteiger partial charge in [-0.25, -0.2) is 0 Å². The number of fused-ring (bicyclic) bond motifs is 4. The second-order valence-electron chi connectivity index (χ2n) is 8.02. The summed E-state index contributed by atoms with van der Waals surface area (Å²) in [6.45, 7) is 0.474. The van der Waals surface area contributed by atoms with Crippen molar-refractivity contribution in [2.45, 2.75) is 24.6 Å². The molecule has 2 heterocycles. The van der Waals surface area contributed by atoms with E-state index >= 15 is 0 Å². The number of carbonyl (C=O) groups is 2. The summed E-state index contributed by atoms with van der Waals surface area (Å²) >= 11 is 0. The van der Waals surface area contributed by atoms with Crippen molar-refractivity contribution in [3.05, 3.63) is 101 Å². The molecule has 0 fully saturated rings. The average Bonchev–Trinajstić information content (AvgIpc) is 2.79. The van der Waals surface area contributed by atoms with E-state index in [0.717, 1.165) is 23.3 Å². The average molecular weight is 436 g/mol. The first kappa shape index (κ1) is 20.3. The Morgan fingerprint density at radius 3 is 2.44 bits per heavy atom. The molecule has 0 unspecified atom stereocenters. The van der Waals surface area contributed by atoms with Gasteiger partial charge in [-0.3, -0.25) is 9.59 Å². The second kappa shape index (κ2) is 7.51. The number of nitrogens with one attached hydrogen (secondary N) is 1. The van der Waals surface area contributed by atoms with Crippen LogP contribution < -0.4 is 5.32 Å². The highest BCUT2D eigenvalue weighted by Gasteiger charge is 2.46. The summed E-state index contributed by atoms with van der Waals surface area (Å²) in [6.07, 6.45) is -3.83. The first-order chi connectivity index (χ1) is 15.3. The zero-order valence-corrected chi connectivity index (χ0v) is 16.9. The monoisotopic (exact) mass is 436 g/mol. The van der Waals surface area contributed by atoms with Crippen molar-refractivity contribution in [2.75, 3.05) is 11.9 Å². The normalized spacial score (nSPS) is 19.6. The highest BCUT2D eigenvalue weighted by Crippen LogP contribution is 2.46. The second-order valence-corrected chi connectivity index (χ2v) is 8.02. The minimum absolute atomic E-state index is 0.0647. The molecule has 0 saturated carbocycles. The number of hydrogen-bond acceptors (Lipinski definition) is 2. The fraction of sp³-hybridized carbons (Fsp3) is 0.200. The number of hydrogen-bond donors (Lipinski definition) is 1. The number of anilines is 1. The fourth-order valence-electron chi connectivity index (χ4n) is 4.75. The van der Waals surface area contributed by atoms with Gasteiger partial charge in [-0.05, 0) is 47.4 Å². The van der Waals surface area contributed by atoms with Crippen LogP contribution in [0.3, 0.4) is 0 Å². The van der Waals surface area contributed by atoms with Crippen molar-refractivity contribution in [1.82, 2.24) is 4.90 Å². The highest BCUT2D eigenvalue weighted by molar-refractivity contribution is 6.04. The maximum Gasteiger partial charge on any atom is 0.416 e. The lowest BCUT2D eigenvalue weighted by molar-refractivity contribution is -0.137. The minimum Gasteiger partial charge on any atom is -0.330 e. The summed E-state index contributed by atoms with van der Waals surface area (Å²) in [4.78, 5) is 28.5. The number of carbonyl (C=O) groups excluding carboxylic acids is 2. The summed E-state index contributed by atoms with van der Waals surface area (Å²) in [5.74, 6) is -1.33. The van der Waals surface area contributed by atoms with E-state index in [-0.39, 0.29) is 11.6 Å². The molecule has 3 aromatic carbocycles. The van der Waals surface area contributed by atoms with Gasteiger partial charge in [0.1, 0.15) is 0 Å². The van der Waals surface area contributed by atoms with Gasteiger partial charge in [0.15, 0.2) is 0 Å². The van der Waals surface area contributed by atoms with Crippen LogP contribution in [0.2, 0.25) is 0 Å². The van der Waals surface area contributed by atoms with E-state index in [1.807, 2.05) is 24.3 Å². The van der Waals surface area contributed by atoms with Gasteiger partial charge in [0.25, 0.3) is 5.91 Å². The topological polar surface area (TPSA) is 49.4 Å². The Hall–Kier alpha value is -3.61. The molecule has 5 rings (SSSR count). The Balaban J connectivity index is 1.59. The lowest BCUT2D eigenvalue weighted by Crippen LogP contribution is -2.49. The van der Waals surface area contributed by atoms with E-state index in [4.69, 9.17) is 0 Å². The molecule has 2 aliphatic rings. The first-order valence-corrected chi connectivity index (χ1v) is 10.3. The third kappa shape index (κ3) is 3.34. The predicted molar refractivity (Wildman–Crippen MR) is 113 cm³/mol. The van der Waals surface area contributed by atoms with E-state index in [1.54, 1.807) is 29.2 Å². The van der Waals surface area contributed by atoms with E-state index in [1.165, 1.54) is 12.1 Å². The van der Waals surface area contributed by atoms with Gasteiger partial charge in [0.2, 0.25) is 5.91 Å². The Morgan fingerprint density at radius 1 is 0.938 bits per heavy atom. The minimum atomic E-state index is -4.51. The van der Waals surface area contributed by atoms with E-state index in [9.17, 15) is 22.8 Å². The van der Waals surface area contributed by atoms with Crippen LogP contribution in [0, 0.1) is 0 Å². The van der Waals surface area contributed by atoms with Crippen LogP contribution in [-0.4, -0.2) is 23.3 Å². The maximum absolute atomic E-state index is 13.5. The summed E-state index contributed by atoms with van der Waals surface area (Å²) in [5.41, 5.74) is 2.23. The van der Waals surface area contributed by atoms with Gasteiger partial charge >= 0.3 is 6.18 Å². The Kier molecular flexibility index (Phi) is 4.77. The van der Waals surface area contributed by atoms with Crippen LogP contribution in [-0.2, 0) is 17.4 Å². The van der Waals surface area contributed by atoms with E-state index in [0.29, 0.717) is 24.1 Å². The van der Waals surface area contributed by atoms with Crippen molar-refractivity contribution < 1.29 is 22.8 Å². The molecule has 32 heavy (non-hydrogen) atoms. The zero-order chi connectivity index (χ0) is 22.5. The smallest absolute Gasteiger partial charge is 0.330 e. The summed E-state index contributed by atoms with van der Waals surface area (Å²) < 4.78 is 39.4. The van der Waals surface area contributed by atoms with Crippen molar-refractivity contribution in [3.8, 4) is 0 Å². The molecule has 3 aromatic rings. The largest absolute Gasteiger partial charge is 0.416 e. The number of halogens is 3. The Bertz CT molecular complexity index is 1220. The predicted octanol–water partition coefficient (Wildman–Crippen LogP) is 5.18. The molecule has 0 saturated heterocycles. The molecule has 0 spiro atoms. The molecule has 2 atom stereocenters. The van der Waals surface area contributed by atoms with Crippen LogP contribution in [0.15, 0.2) is 72.8 Å². The first-order valence-electron chi connectivity index (χ1n) is 10.3. The van der Waals surface area contributed by atoms with Crippen LogP contribution >= 0.6 is 0 Å². The standard InChI is InChI=1S/C25H19F3N2O2/c26-25(27,28)16-7-5-8-17(14-16)29-23(31)21-19-10-3-4-11-20(19)24(32)30-13-12-15-6-1-2-9-18(15)22(21)30/h1-11,14,21-22H,12-13H2,(H,29,31)/t21-,22-/m0/s1. The lowest BCUT2D eigenvalue weighted by atomic mass is 9.76. The molecule has 162 valence electrons. The van der Waals surface area contributed by atoms with Gasteiger partial charge in [0, 0.05) is 17.8 Å². The van der Waals surface area contributed by atoms with E-state index in [2.05, 4.69) is 5.32 Å². The Morgan fingerprint density at radius 2 is 1.66 bits per heavy atom. The van der Waals surface area contributed by atoms with Crippen LogP contribution in [0.1, 0.15) is 44.6 Å². The molecule has 0 radical (unpaired) electrons. The lowest BCUT2D eigenvalue weighted by Gasteiger charge is -2.45. The summed E-state index contributed by atoms with van der Waals surface area (Å²) in [6, 6.07) is 18.7. The molecule has 1 N–H and O–H groups in total. The van der Waals surface area contributed by atoms with Crippen LogP contribution in [0.5, 0.6) is 0 Å². The van der Waals surface area contributed by atoms with Gasteiger partial charge in [-0.2, -0.15) is 13.2 Å². The molecular formula is C25H19F3N2O2. The van der Waals surface area contributed by atoms with Crippen LogP contribution in [0.4, 0.5) is 18.9 Å². The third-order valence-electron chi connectivity index (χ3n) is 6.17. The highest BCUT2D eigenvalue weighted by atomic mass is 19.4. The maximum atomic E-state index is 13.5. The zero-order valence-electron chi connectivity index (χ0n) is 16.9. The van der Waals surface area contributed by atoms with Gasteiger partial charge in [-0.1, -0.05) is 48.5 Å². The molecule has 0 bridgehead atoms. The Labute approximate surface area is 182 Å². The van der Waals surface area contributed by atoms with Gasteiger partial charge in [0.05, 0.1) is 17.5 Å². The van der Waals surface area contributed by atoms with Gasteiger partial charge in [-0.15, -0.1) is 0 Å². The number of nitrogens with zero attached hydrogens (tertiary/aromatic N) is 1.